The van der Waals surface area contributed by atoms with Crippen LogP contribution in [0, 0.1) is 5.92 Å². The fourth-order valence-electron chi connectivity index (χ4n) is 2.93. The van der Waals surface area contributed by atoms with E-state index in [0.29, 0.717) is 5.57 Å². The minimum absolute atomic E-state index is 0.00565. The molecule has 1 heterocycles. The lowest BCUT2D eigenvalue weighted by Gasteiger charge is -2.45. The van der Waals surface area contributed by atoms with Crippen molar-refractivity contribution < 1.29 is 19.1 Å². The number of nitrogens with zero attached hydrogens (tertiary/aromatic N) is 1. The van der Waals surface area contributed by atoms with E-state index in [-0.39, 0.29) is 36.8 Å². The second-order valence-corrected chi connectivity index (χ2v) is 5.58. The van der Waals surface area contributed by atoms with Gasteiger partial charge < -0.3 is 4.74 Å². The monoisotopic (exact) mass is 279 g/mol. The lowest BCUT2D eigenvalue weighted by atomic mass is 9.83. The highest BCUT2D eigenvalue weighted by molar-refractivity contribution is 6.02. The fourth-order valence-corrected chi connectivity index (χ4v) is 2.93. The fraction of sp³-hybridized carbons (Fsp3) is 0.667. The standard InChI is InChI=1S/C15H21NO4/c1-10(2)15(19)20-9-8-13(17)16-12-7-5-3-4-6-11(12)14(16)18/h11-12H,1,3-9H2,2H3. The topological polar surface area (TPSA) is 63.7 Å². The van der Waals surface area contributed by atoms with Crippen LogP contribution in [0.2, 0.25) is 0 Å². The number of rotatable bonds is 4. The molecular weight excluding hydrogens is 258 g/mol. The normalized spacial score (nSPS) is 25.2. The van der Waals surface area contributed by atoms with Crippen LogP contribution in [0.3, 0.4) is 0 Å². The van der Waals surface area contributed by atoms with Crippen molar-refractivity contribution in [1.82, 2.24) is 4.90 Å². The summed E-state index contributed by atoms with van der Waals surface area (Å²) in [7, 11) is 0. The first-order valence-electron chi connectivity index (χ1n) is 7.21. The van der Waals surface area contributed by atoms with Gasteiger partial charge in [-0.25, -0.2) is 4.79 Å². The van der Waals surface area contributed by atoms with Crippen LogP contribution in [0.1, 0.15) is 45.4 Å². The lowest BCUT2D eigenvalue weighted by molar-refractivity contribution is -0.167. The van der Waals surface area contributed by atoms with Crippen LogP contribution in [0.5, 0.6) is 0 Å². The van der Waals surface area contributed by atoms with Crippen molar-refractivity contribution in [1.29, 1.82) is 0 Å². The van der Waals surface area contributed by atoms with Crippen LogP contribution in [-0.2, 0) is 19.1 Å². The predicted octanol–water partition coefficient (Wildman–Crippen LogP) is 1.81. The van der Waals surface area contributed by atoms with E-state index in [1.54, 1.807) is 6.92 Å². The van der Waals surface area contributed by atoms with Gasteiger partial charge >= 0.3 is 5.97 Å². The highest BCUT2D eigenvalue weighted by Gasteiger charge is 2.49. The number of β-lactam (4-membered cyclic amide) rings is 1. The van der Waals surface area contributed by atoms with Gasteiger partial charge in [-0.15, -0.1) is 0 Å². The van der Waals surface area contributed by atoms with Gasteiger partial charge in [0.15, 0.2) is 0 Å². The maximum atomic E-state index is 12.0. The number of hydrogen-bond donors (Lipinski definition) is 0. The summed E-state index contributed by atoms with van der Waals surface area (Å²) in [6.45, 7) is 5.03. The van der Waals surface area contributed by atoms with E-state index < -0.39 is 5.97 Å². The first-order valence-corrected chi connectivity index (χ1v) is 7.21. The lowest BCUT2D eigenvalue weighted by Crippen LogP contribution is -2.62. The Morgan fingerprint density at radius 3 is 2.70 bits per heavy atom. The van der Waals surface area contributed by atoms with E-state index in [1.807, 2.05) is 0 Å². The molecule has 5 heteroatoms. The molecule has 2 atom stereocenters. The molecule has 0 radical (unpaired) electrons. The Balaban J connectivity index is 1.82. The Hall–Kier alpha value is -1.65. The molecule has 2 amide bonds. The number of esters is 1. The third-order valence-electron chi connectivity index (χ3n) is 4.03. The molecule has 0 aromatic carbocycles. The largest absolute Gasteiger partial charge is 0.462 e. The summed E-state index contributed by atoms with van der Waals surface area (Å²) >= 11 is 0. The number of carbonyl (C=O) groups is 3. The van der Waals surface area contributed by atoms with E-state index in [1.165, 1.54) is 4.90 Å². The molecule has 1 aliphatic heterocycles. The summed E-state index contributed by atoms with van der Waals surface area (Å²) in [6.07, 6.45) is 5.16. The van der Waals surface area contributed by atoms with Crippen molar-refractivity contribution in [3.05, 3.63) is 12.2 Å². The third-order valence-corrected chi connectivity index (χ3v) is 4.03. The average molecular weight is 279 g/mol. The highest BCUT2D eigenvalue weighted by Crippen LogP contribution is 2.37. The Labute approximate surface area is 119 Å². The molecule has 1 saturated heterocycles. The van der Waals surface area contributed by atoms with Gasteiger partial charge in [-0.2, -0.15) is 0 Å². The van der Waals surface area contributed by atoms with Gasteiger partial charge in [0, 0.05) is 5.57 Å². The molecule has 1 saturated carbocycles. The zero-order chi connectivity index (χ0) is 14.7. The van der Waals surface area contributed by atoms with Crippen LogP contribution in [0.25, 0.3) is 0 Å². The van der Waals surface area contributed by atoms with Crippen LogP contribution in [0.4, 0.5) is 0 Å². The number of fused-ring (bicyclic) bond motifs is 1. The van der Waals surface area contributed by atoms with E-state index >= 15 is 0 Å². The van der Waals surface area contributed by atoms with Gasteiger partial charge in [-0.1, -0.05) is 25.8 Å². The average Bonchev–Trinajstić information content (AvgIpc) is 2.61. The molecule has 0 aromatic rings. The molecule has 20 heavy (non-hydrogen) atoms. The van der Waals surface area contributed by atoms with Gasteiger partial charge in [0.2, 0.25) is 11.8 Å². The summed E-state index contributed by atoms with van der Waals surface area (Å²) in [5.74, 6) is -0.736. The molecule has 110 valence electrons. The van der Waals surface area contributed by atoms with Gasteiger partial charge in [-0.3, -0.25) is 14.5 Å². The molecule has 2 rings (SSSR count). The molecular formula is C15H21NO4. The Morgan fingerprint density at radius 2 is 2.00 bits per heavy atom. The Kier molecular flexibility index (Phi) is 4.57. The van der Waals surface area contributed by atoms with Crippen molar-refractivity contribution >= 4 is 17.8 Å². The molecule has 0 N–H and O–H groups in total. The first kappa shape index (κ1) is 14.8. The summed E-state index contributed by atoms with van der Waals surface area (Å²) < 4.78 is 4.89. The van der Waals surface area contributed by atoms with Crippen LogP contribution in [-0.4, -0.2) is 35.3 Å². The van der Waals surface area contributed by atoms with Crippen molar-refractivity contribution in [3.8, 4) is 0 Å². The van der Waals surface area contributed by atoms with Crippen molar-refractivity contribution in [3.63, 3.8) is 0 Å². The quantitative estimate of drug-likeness (QED) is 0.447. The SMILES string of the molecule is C=C(C)C(=O)OCCC(=O)N1C(=O)C2CCCCCC21. The van der Waals surface area contributed by atoms with Crippen LogP contribution < -0.4 is 0 Å². The highest BCUT2D eigenvalue weighted by atomic mass is 16.5. The van der Waals surface area contributed by atoms with Gasteiger partial charge in [0.1, 0.15) is 6.61 Å². The number of amides is 2. The summed E-state index contributed by atoms with van der Waals surface area (Å²) in [5.41, 5.74) is 0.307. The zero-order valence-corrected chi connectivity index (χ0v) is 11.9. The van der Waals surface area contributed by atoms with E-state index in [4.69, 9.17) is 4.74 Å². The van der Waals surface area contributed by atoms with Crippen molar-refractivity contribution in [2.24, 2.45) is 5.92 Å². The maximum Gasteiger partial charge on any atom is 0.333 e. The maximum absolute atomic E-state index is 12.0. The number of imide groups is 1. The van der Waals surface area contributed by atoms with Gasteiger partial charge in [0.05, 0.1) is 18.4 Å². The molecule has 2 unspecified atom stereocenters. The molecule has 0 spiro atoms. The van der Waals surface area contributed by atoms with E-state index in [0.717, 1.165) is 32.1 Å². The zero-order valence-electron chi connectivity index (χ0n) is 11.9. The van der Waals surface area contributed by atoms with Gasteiger partial charge in [-0.05, 0) is 19.8 Å². The predicted molar refractivity (Wildman–Crippen MR) is 72.6 cm³/mol. The van der Waals surface area contributed by atoms with Crippen molar-refractivity contribution in [2.45, 2.75) is 51.5 Å². The number of hydrogen-bond acceptors (Lipinski definition) is 4. The molecule has 1 aliphatic carbocycles. The molecule has 2 aliphatic rings. The minimum atomic E-state index is -0.500. The Morgan fingerprint density at radius 1 is 1.30 bits per heavy atom. The smallest absolute Gasteiger partial charge is 0.333 e. The van der Waals surface area contributed by atoms with Gasteiger partial charge in [0.25, 0.3) is 0 Å². The number of likely N-dealkylation sites (tertiary alicyclic amines) is 1. The number of ether oxygens (including phenoxy) is 1. The van der Waals surface area contributed by atoms with Crippen LogP contribution in [0.15, 0.2) is 12.2 Å². The summed E-state index contributed by atoms with van der Waals surface area (Å²) in [5, 5.41) is 0. The summed E-state index contributed by atoms with van der Waals surface area (Å²) in [6, 6.07) is 0.0781. The third kappa shape index (κ3) is 2.92. The molecule has 2 fully saturated rings. The van der Waals surface area contributed by atoms with E-state index in [9.17, 15) is 14.4 Å². The first-order chi connectivity index (χ1) is 9.52. The summed E-state index contributed by atoms with van der Waals surface area (Å²) in [4.78, 5) is 36.6. The molecule has 0 bridgehead atoms. The van der Waals surface area contributed by atoms with E-state index in [2.05, 4.69) is 6.58 Å². The Bertz CT molecular complexity index is 443. The second kappa shape index (κ2) is 6.20. The minimum Gasteiger partial charge on any atom is -0.462 e. The molecule has 5 nitrogen and oxygen atoms in total. The van der Waals surface area contributed by atoms with Crippen molar-refractivity contribution in [2.75, 3.05) is 6.61 Å². The second-order valence-electron chi connectivity index (χ2n) is 5.58. The van der Waals surface area contributed by atoms with Crippen LogP contribution >= 0.6 is 0 Å². The number of carbonyl (C=O) groups excluding carboxylic acids is 3. The molecule has 0 aromatic heterocycles.